The molecule has 0 bridgehead atoms. The monoisotopic (exact) mass is 384 g/mol. The van der Waals surface area contributed by atoms with Gasteiger partial charge in [-0.15, -0.1) is 11.3 Å². The van der Waals surface area contributed by atoms with E-state index < -0.39 is 0 Å². The third-order valence-electron chi connectivity index (χ3n) is 1.91. The number of halogens is 3. The molecular formula is C10H7Cl2IN2S. The molecule has 0 unspecified atom stereocenters. The minimum atomic E-state index is 0.567. The highest BCUT2D eigenvalue weighted by Gasteiger charge is 2.01. The highest BCUT2D eigenvalue weighted by Crippen LogP contribution is 2.23. The number of thiazole rings is 1. The molecule has 1 N–H and O–H groups in total. The Balaban J connectivity index is 2.02. The van der Waals surface area contributed by atoms with Gasteiger partial charge in [0.15, 0.2) is 4.47 Å². The molecule has 0 saturated heterocycles. The molecule has 0 radical (unpaired) electrons. The zero-order valence-electron chi connectivity index (χ0n) is 8.01. The van der Waals surface area contributed by atoms with E-state index in [9.17, 15) is 0 Å². The van der Waals surface area contributed by atoms with Crippen molar-refractivity contribution < 1.29 is 0 Å². The van der Waals surface area contributed by atoms with E-state index in [2.05, 4.69) is 32.9 Å². The van der Waals surface area contributed by atoms with Crippen LogP contribution in [0.25, 0.3) is 0 Å². The van der Waals surface area contributed by atoms with E-state index in [1.54, 1.807) is 6.20 Å². The van der Waals surface area contributed by atoms with E-state index in [0.717, 1.165) is 19.2 Å². The highest BCUT2D eigenvalue weighted by atomic mass is 127. The fraction of sp³-hybridized carbons (Fsp3) is 0.100. The predicted octanol–water partition coefficient (Wildman–Crippen LogP) is 4.67. The maximum absolute atomic E-state index is 6.02. The number of aromatic nitrogens is 1. The van der Waals surface area contributed by atoms with Crippen LogP contribution in [0, 0.1) is 3.57 Å². The van der Waals surface area contributed by atoms with Crippen LogP contribution in [0.4, 0.5) is 5.69 Å². The lowest BCUT2D eigenvalue weighted by Crippen LogP contribution is -1.97. The molecule has 6 heteroatoms. The summed E-state index contributed by atoms with van der Waals surface area (Å²) in [6.45, 7) is 0.710. The largest absolute Gasteiger partial charge is 0.380 e. The number of benzene rings is 1. The quantitative estimate of drug-likeness (QED) is 0.778. The molecular weight excluding hydrogens is 378 g/mol. The van der Waals surface area contributed by atoms with E-state index in [1.807, 2.05) is 18.2 Å². The first kappa shape index (κ1) is 12.4. The molecule has 1 heterocycles. The van der Waals surface area contributed by atoms with Crippen LogP contribution in [-0.2, 0) is 6.54 Å². The number of nitrogens with zero attached hydrogens (tertiary/aromatic N) is 1. The maximum atomic E-state index is 6.02. The Hall–Kier alpha value is -0.0400. The summed E-state index contributed by atoms with van der Waals surface area (Å²) in [7, 11) is 0. The van der Waals surface area contributed by atoms with E-state index in [0.29, 0.717) is 11.0 Å². The van der Waals surface area contributed by atoms with E-state index in [-0.39, 0.29) is 0 Å². The molecule has 0 saturated carbocycles. The second kappa shape index (κ2) is 5.53. The summed E-state index contributed by atoms with van der Waals surface area (Å²) in [6, 6.07) is 5.88. The van der Waals surface area contributed by atoms with Crippen molar-refractivity contribution in [1.29, 1.82) is 0 Å². The Bertz CT molecular complexity index is 501. The normalized spacial score (nSPS) is 10.4. The zero-order valence-corrected chi connectivity index (χ0v) is 12.5. The maximum Gasteiger partial charge on any atom is 0.183 e. The van der Waals surface area contributed by atoms with Crippen LogP contribution in [0.1, 0.15) is 4.88 Å². The first-order valence-corrected chi connectivity index (χ1v) is 7.09. The van der Waals surface area contributed by atoms with Gasteiger partial charge in [-0.1, -0.05) is 23.2 Å². The summed E-state index contributed by atoms with van der Waals surface area (Å²) >= 11 is 15.4. The van der Waals surface area contributed by atoms with Crippen molar-refractivity contribution in [2.45, 2.75) is 6.54 Å². The lowest BCUT2D eigenvalue weighted by atomic mass is 10.3. The minimum absolute atomic E-state index is 0.567. The summed E-state index contributed by atoms with van der Waals surface area (Å²) in [5.41, 5.74) is 0.995. The van der Waals surface area contributed by atoms with Gasteiger partial charge >= 0.3 is 0 Å². The molecule has 1 aromatic heterocycles. The first-order chi connectivity index (χ1) is 7.65. The summed E-state index contributed by atoms with van der Waals surface area (Å²) in [5.74, 6) is 0. The number of nitrogens with one attached hydrogen (secondary N) is 1. The Morgan fingerprint density at radius 3 is 2.81 bits per heavy atom. The second-order valence-corrected chi connectivity index (χ2v) is 6.33. The van der Waals surface area contributed by atoms with Crippen molar-refractivity contribution in [1.82, 2.24) is 4.98 Å². The van der Waals surface area contributed by atoms with Gasteiger partial charge in [-0.05, 0) is 40.8 Å². The molecule has 84 valence electrons. The van der Waals surface area contributed by atoms with Gasteiger partial charge in [-0.25, -0.2) is 4.98 Å². The Morgan fingerprint density at radius 2 is 2.19 bits per heavy atom. The number of rotatable bonds is 3. The first-order valence-electron chi connectivity index (χ1n) is 4.44. The molecule has 16 heavy (non-hydrogen) atoms. The van der Waals surface area contributed by atoms with Crippen molar-refractivity contribution in [3.8, 4) is 0 Å². The van der Waals surface area contributed by atoms with Crippen LogP contribution in [0.5, 0.6) is 0 Å². The van der Waals surface area contributed by atoms with Crippen LogP contribution in [-0.4, -0.2) is 4.98 Å². The summed E-state index contributed by atoms with van der Waals surface area (Å²) in [4.78, 5) is 5.07. The molecule has 0 amide bonds. The van der Waals surface area contributed by atoms with Gasteiger partial charge in [0.1, 0.15) is 0 Å². The van der Waals surface area contributed by atoms with Crippen LogP contribution in [0.15, 0.2) is 24.4 Å². The molecule has 0 atom stereocenters. The van der Waals surface area contributed by atoms with Crippen LogP contribution in [0.3, 0.4) is 0 Å². The third kappa shape index (κ3) is 3.23. The molecule has 0 fully saturated rings. The van der Waals surface area contributed by atoms with Crippen molar-refractivity contribution in [3.63, 3.8) is 0 Å². The Labute approximate surface area is 121 Å². The van der Waals surface area contributed by atoms with Gasteiger partial charge in [-0.3, -0.25) is 0 Å². The Morgan fingerprint density at radius 1 is 1.38 bits per heavy atom. The molecule has 2 nitrogen and oxygen atoms in total. The fourth-order valence-electron chi connectivity index (χ4n) is 1.16. The second-order valence-electron chi connectivity index (χ2n) is 3.06. The molecule has 2 rings (SSSR count). The highest BCUT2D eigenvalue weighted by molar-refractivity contribution is 14.1. The average Bonchev–Trinajstić information content (AvgIpc) is 2.66. The van der Waals surface area contributed by atoms with Gasteiger partial charge in [-0.2, -0.15) is 0 Å². The molecule has 0 aliphatic rings. The van der Waals surface area contributed by atoms with Gasteiger partial charge in [0.25, 0.3) is 0 Å². The third-order valence-corrected chi connectivity index (χ3v) is 4.60. The SMILES string of the molecule is Clc1ncc(CNc2ccc(I)c(Cl)c2)s1. The van der Waals surface area contributed by atoms with Gasteiger partial charge in [0.2, 0.25) is 0 Å². The summed E-state index contributed by atoms with van der Waals surface area (Å²) in [5, 5.41) is 4.02. The fourth-order valence-corrected chi connectivity index (χ4v) is 2.59. The van der Waals surface area contributed by atoms with Gasteiger partial charge in [0, 0.05) is 20.3 Å². The minimum Gasteiger partial charge on any atom is -0.380 e. The zero-order chi connectivity index (χ0) is 11.5. The van der Waals surface area contributed by atoms with Gasteiger partial charge < -0.3 is 5.32 Å². The molecule has 0 spiro atoms. The molecule has 1 aromatic carbocycles. The lowest BCUT2D eigenvalue weighted by Gasteiger charge is -2.05. The van der Waals surface area contributed by atoms with Gasteiger partial charge in [0.05, 0.1) is 11.6 Å². The predicted molar refractivity (Wildman–Crippen MR) is 78.6 cm³/mol. The van der Waals surface area contributed by atoms with Crippen LogP contribution >= 0.6 is 57.1 Å². The average molecular weight is 385 g/mol. The molecule has 0 aliphatic heterocycles. The van der Waals surface area contributed by atoms with Crippen molar-refractivity contribution >= 4 is 62.8 Å². The molecule has 0 aliphatic carbocycles. The van der Waals surface area contributed by atoms with E-state index in [1.165, 1.54) is 11.3 Å². The van der Waals surface area contributed by atoms with Crippen molar-refractivity contribution in [2.75, 3.05) is 5.32 Å². The topological polar surface area (TPSA) is 24.9 Å². The number of hydrogen-bond acceptors (Lipinski definition) is 3. The van der Waals surface area contributed by atoms with Crippen molar-refractivity contribution in [3.05, 3.63) is 42.3 Å². The number of hydrogen-bond donors (Lipinski definition) is 1. The summed E-state index contributed by atoms with van der Waals surface area (Å²) in [6.07, 6.45) is 1.77. The summed E-state index contributed by atoms with van der Waals surface area (Å²) < 4.78 is 1.61. The lowest BCUT2D eigenvalue weighted by molar-refractivity contribution is 1.17. The van der Waals surface area contributed by atoms with E-state index in [4.69, 9.17) is 23.2 Å². The Kier molecular flexibility index (Phi) is 4.29. The number of anilines is 1. The standard InChI is InChI=1S/C10H7Cl2IN2S/c11-8-3-6(1-2-9(8)13)14-4-7-5-15-10(12)16-7/h1-3,5,14H,4H2. The molecule has 2 aromatic rings. The van der Waals surface area contributed by atoms with E-state index >= 15 is 0 Å². The van der Waals surface area contributed by atoms with Crippen molar-refractivity contribution in [2.24, 2.45) is 0 Å². The van der Waals surface area contributed by atoms with Crippen LogP contribution < -0.4 is 5.32 Å². The van der Waals surface area contributed by atoms with Crippen LogP contribution in [0.2, 0.25) is 9.49 Å². The smallest absolute Gasteiger partial charge is 0.183 e.